The van der Waals surface area contributed by atoms with Crippen LogP contribution in [0, 0.1) is 6.92 Å². The lowest BCUT2D eigenvalue weighted by Crippen LogP contribution is -2.03. The van der Waals surface area contributed by atoms with Gasteiger partial charge in [0.1, 0.15) is 11.3 Å². The molecule has 0 aliphatic carbocycles. The fourth-order valence-electron chi connectivity index (χ4n) is 2.04. The van der Waals surface area contributed by atoms with E-state index >= 15 is 0 Å². The van der Waals surface area contributed by atoms with Gasteiger partial charge in [0.05, 0.1) is 6.61 Å². The van der Waals surface area contributed by atoms with Crippen LogP contribution >= 0.6 is 0 Å². The van der Waals surface area contributed by atoms with E-state index in [0.717, 1.165) is 16.7 Å². The zero-order chi connectivity index (χ0) is 13.8. The third kappa shape index (κ3) is 2.76. The van der Waals surface area contributed by atoms with E-state index < -0.39 is 5.97 Å². The number of aryl methyl sites for hydroxylation is 1. The van der Waals surface area contributed by atoms with Crippen molar-refractivity contribution in [1.29, 1.82) is 0 Å². The molecule has 2 aromatic carbocycles. The van der Waals surface area contributed by atoms with Crippen molar-refractivity contribution in [1.82, 2.24) is 0 Å². The van der Waals surface area contributed by atoms with E-state index in [1.165, 1.54) is 0 Å². The van der Waals surface area contributed by atoms with Gasteiger partial charge in [0, 0.05) is 0 Å². The second-order valence-electron chi connectivity index (χ2n) is 4.26. The number of carboxylic acid groups (broad SMARTS) is 1. The summed E-state index contributed by atoms with van der Waals surface area (Å²) in [7, 11) is 0. The van der Waals surface area contributed by atoms with Crippen LogP contribution in [0.25, 0.3) is 11.1 Å². The highest BCUT2D eigenvalue weighted by Crippen LogP contribution is 2.29. The van der Waals surface area contributed by atoms with Crippen molar-refractivity contribution in [3.63, 3.8) is 0 Å². The van der Waals surface area contributed by atoms with Crippen LogP contribution in [0.1, 0.15) is 22.8 Å². The lowest BCUT2D eigenvalue weighted by Gasteiger charge is -2.11. The summed E-state index contributed by atoms with van der Waals surface area (Å²) >= 11 is 0. The van der Waals surface area contributed by atoms with Gasteiger partial charge in [-0.1, -0.05) is 30.3 Å². The standard InChI is InChI=1S/C16H16O3/c1-3-19-15-10-12(8-9-14(15)16(17)18)13-7-5-4-6-11(13)2/h4-10H,3H2,1-2H3,(H,17,18). The summed E-state index contributed by atoms with van der Waals surface area (Å²) in [6.07, 6.45) is 0. The van der Waals surface area contributed by atoms with E-state index in [2.05, 4.69) is 0 Å². The fraction of sp³-hybridized carbons (Fsp3) is 0.188. The van der Waals surface area contributed by atoms with Crippen molar-refractivity contribution in [2.75, 3.05) is 6.61 Å². The normalized spacial score (nSPS) is 10.2. The summed E-state index contributed by atoms with van der Waals surface area (Å²) in [4.78, 5) is 11.1. The Morgan fingerprint density at radius 3 is 2.58 bits per heavy atom. The van der Waals surface area contributed by atoms with Gasteiger partial charge in [-0.05, 0) is 42.7 Å². The molecule has 3 heteroatoms. The fourth-order valence-corrected chi connectivity index (χ4v) is 2.04. The van der Waals surface area contributed by atoms with Gasteiger partial charge >= 0.3 is 5.97 Å². The highest BCUT2D eigenvalue weighted by Gasteiger charge is 2.13. The Morgan fingerprint density at radius 2 is 1.95 bits per heavy atom. The Morgan fingerprint density at radius 1 is 1.21 bits per heavy atom. The van der Waals surface area contributed by atoms with Crippen LogP contribution in [0.2, 0.25) is 0 Å². The first-order valence-electron chi connectivity index (χ1n) is 6.19. The quantitative estimate of drug-likeness (QED) is 0.906. The van der Waals surface area contributed by atoms with Gasteiger partial charge in [-0.15, -0.1) is 0 Å². The summed E-state index contributed by atoms with van der Waals surface area (Å²) in [5, 5.41) is 9.13. The molecule has 19 heavy (non-hydrogen) atoms. The summed E-state index contributed by atoms with van der Waals surface area (Å²) in [5.41, 5.74) is 3.39. The van der Waals surface area contributed by atoms with E-state index in [1.54, 1.807) is 12.1 Å². The Hall–Kier alpha value is -2.29. The van der Waals surface area contributed by atoms with Gasteiger partial charge in [-0.2, -0.15) is 0 Å². The van der Waals surface area contributed by atoms with Crippen LogP contribution in [0.4, 0.5) is 0 Å². The van der Waals surface area contributed by atoms with Crippen LogP contribution in [0.15, 0.2) is 42.5 Å². The highest BCUT2D eigenvalue weighted by molar-refractivity contribution is 5.92. The van der Waals surface area contributed by atoms with Crippen molar-refractivity contribution in [2.45, 2.75) is 13.8 Å². The molecule has 2 rings (SSSR count). The predicted molar refractivity (Wildman–Crippen MR) is 74.7 cm³/mol. The average molecular weight is 256 g/mol. The maximum Gasteiger partial charge on any atom is 0.339 e. The molecule has 0 saturated heterocycles. The molecule has 0 aliphatic rings. The minimum Gasteiger partial charge on any atom is -0.493 e. The van der Waals surface area contributed by atoms with E-state index in [4.69, 9.17) is 9.84 Å². The smallest absolute Gasteiger partial charge is 0.339 e. The molecule has 2 aromatic rings. The van der Waals surface area contributed by atoms with Gasteiger partial charge in [-0.25, -0.2) is 4.79 Å². The van der Waals surface area contributed by atoms with Gasteiger partial charge in [0.2, 0.25) is 0 Å². The second-order valence-corrected chi connectivity index (χ2v) is 4.26. The predicted octanol–water partition coefficient (Wildman–Crippen LogP) is 3.76. The lowest BCUT2D eigenvalue weighted by molar-refractivity contribution is 0.0692. The number of ether oxygens (including phenoxy) is 1. The summed E-state index contributed by atoms with van der Waals surface area (Å²) in [6.45, 7) is 4.31. The number of carboxylic acids is 1. The zero-order valence-corrected chi connectivity index (χ0v) is 11.0. The van der Waals surface area contributed by atoms with Gasteiger partial charge in [0.15, 0.2) is 0 Å². The first kappa shape index (κ1) is 13.1. The number of benzene rings is 2. The van der Waals surface area contributed by atoms with Gasteiger partial charge < -0.3 is 9.84 Å². The van der Waals surface area contributed by atoms with Crippen molar-refractivity contribution in [2.24, 2.45) is 0 Å². The Labute approximate surface area is 112 Å². The molecule has 1 N–H and O–H groups in total. The first-order chi connectivity index (χ1) is 9.13. The molecule has 0 spiro atoms. The molecule has 0 aliphatic heterocycles. The topological polar surface area (TPSA) is 46.5 Å². The van der Waals surface area contributed by atoms with Gasteiger partial charge in [0.25, 0.3) is 0 Å². The minimum atomic E-state index is -0.972. The van der Waals surface area contributed by atoms with Crippen molar-refractivity contribution in [3.8, 4) is 16.9 Å². The van der Waals surface area contributed by atoms with E-state index in [9.17, 15) is 4.79 Å². The van der Waals surface area contributed by atoms with Crippen LogP contribution < -0.4 is 4.74 Å². The van der Waals surface area contributed by atoms with Crippen molar-refractivity contribution >= 4 is 5.97 Å². The molecular formula is C16H16O3. The maximum absolute atomic E-state index is 11.1. The molecule has 0 heterocycles. The molecule has 0 unspecified atom stereocenters. The van der Waals surface area contributed by atoms with Crippen molar-refractivity contribution in [3.05, 3.63) is 53.6 Å². The molecule has 0 aromatic heterocycles. The highest BCUT2D eigenvalue weighted by atomic mass is 16.5. The zero-order valence-electron chi connectivity index (χ0n) is 11.0. The first-order valence-corrected chi connectivity index (χ1v) is 6.19. The third-order valence-electron chi connectivity index (χ3n) is 2.97. The van der Waals surface area contributed by atoms with Crippen LogP contribution in [0.3, 0.4) is 0 Å². The van der Waals surface area contributed by atoms with Gasteiger partial charge in [-0.3, -0.25) is 0 Å². The van der Waals surface area contributed by atoms with Crippen LogP contribution in [-0.4, -0.2) is 17.7 Å². The third-order valence-corrected chi connectivity index (χ3v) is 2.97. The summed E-state index contributed by atoms with van der Waals surface area (Å²) in [5.74, 6) is -0.560. The molecule has 0 bridgehead atoms. The summed E-state index contributed by atoms with van der Waals surface area (Å²) < 4.78 is 5.42. The molecule has 98 valence electrons. The molecule has 0 radical (unpaired) electrons. The van der Waals surface area contributed by atoms with E-state index in [1.807, 2.05) is 44.2 Å². The lowest BCUT2D eigenvalue weighted by atomic mass is 9.99. The molecule has 0 atom stereocenters. The Bertz CT molecular complexity index is 603. The van der Waals surface area contributed by atoms with E-state index in [0.29, 0.717) is 12.4 Å². The number of carbonyl (C=O) groups is 1. The molecule has 0 fully saturated rings. The molecular weight excluding hydrogens is 240 g/mol. The SMILES string of the molecule is CCOc1cc(-c2ccccc2C)ccc1C(=O)O. The van der Waals surface area contributed by atoms with Crippen LogP contribution in [0.5, 0.6) is 5.75 Å². The Kier molecular flexibility index (Phi) is 3.85. The monoisotopic (exact) mass is 256 g/mol. The second kappa shape index (κ2) is 5.57. The van der Waals surface area contributed by atoms with E-state index in [-0.39, 0.29) is 5.56 Å². The average Bonchev–Trinajstić information content (AvgIpc) is 2.39. The summed E-state index contributed by atoms with van der Waals surface area (Å²) in [6, 6.07) is 13.2. The van der Waals surface area contributed by atoms with Crippen LogP contribution in [-0.2, 0) is 0 Å². The minimum absolute atomic E-state index is 0.194. The molecule has 0 amide bonds. The molecule has 3 nitrogen and oxygen atoms in total. The number of hydrogen-bond donors (Lipinski definition) is 1. The number of aromatic carboxylic acids is 1. The number of rotatable bonds is 4. The van der Waals surface area contributed by atoms with Crippen molar-refractivity contribution < 1.29 is 14.6 Å². The largest absolute Gasteiger partial charge is 0.493 e. The molecule has 0 saturated carbocycles. The Balaban J connectivity index is 2.52. The maximum atomic E-state index is 11.1. The number of hydrogen-bond acceptors (Lipinski definition) is 2.